The van der Waals surface area contributed by atoms with Crippen LogP contribution in [0, 0.1) is 0 Å². The number of imidazole rings is 1. The average molecular weight is 401 g/mol. The number of hydrogen-bond acceptors (Lipinski definition) is 7. The van der Waals surface area contributed by atoms with Gasteiger partial charge in [-0.15, -0.1) is 0 Å². The summed E-state index contributed by atoms with van der Waals surface area (Å²) in [4.78, 5) is 21.1. The highest BCUT2D eigenvalue weighted by atomic mass is 19.1. The van der Waals surface area contributed by atoms with Gasteiger partial charge in [0, 0.05) is 6.54 Å². The Kier molecular flexibility index (Phi) is 5.14. The fraction of sp³-hybridized carbons (Fsp3) is 0.316. The molecular formula is C19H20FN5O4. The minimum Gasteiger partial charge on any atom is -0.394 e. The summed E-state index contributed by atoms with van der Waals surface area (Å²) in [5, 5.41) is 19.5. The molecule has 2 aromatic heterocycles. The fourth-order valence-corrected chi connectivity index (χ4v) is 3.40. The summed E-state index contributed by atoms with van der Waals surface area (Å²) in [5.41, 5.74) is 6.54. The number of anilines is 1. The van der Waals surface area contributed by atoms with E-state index < -0.39 is 36.9 Å². The second-order valence-corrected chi connectivity index (χ2v) is 6.70. The average Bonchev–Trinajstić information content (AvgIpc) is 3.15. The van der Waals surface area contributed by atoms with Crippen LogP contribution >= 0.6 is 0 Å². The molecule has 0 saturated carbocycles. The van der Waals surface area contributed by atoms with E-state index in [0.717, 1.165) is 10.1 Å². The van der Waals surface area contributed by atoms with Crippen molar-refractivity contribution in [2.75, 3.05) is 12.3 Å². The number of nitrogens with zero attached hydrogens (tertiary/aromatic N) is 4. The van der Waals surface area contributed by atoms with Crippen molar-refractivity contribution in [3.63, 3.8) is 0 Å². The molecule has 3 aromatic rings. The van der Waals surface area contributed by atoms with Gasteiger partial charge in [0.25, 0.3) is 0 Å². The highest BCUT2D eigenvalue weighted by Gasteiger charge is 2.46. The summed E-state index contributed by atoms with van der Waals surface area (Å²) in [6.45, 7) is -0.436. The molecule has 0 radical (unpaired) electrons. The highest BCUT2D eigenvalue weighted by molar-refractivity contribution is 5.72. The zero-order valence-corrected chi connectivity index (χ0v) is 15.3. The molecule has 29 heavy (non-hydrogen) atoms. The topological polar surface area (TPSA) is 128 Å². The third-order valence-electron chi connectivity index (χ3n) is 4.84. The van der Waals surface area contributed by atoms with Gasteiger partial charge in [0.2, 0.25) is 5.95 Å². The number of rotatable bonds is 5. The lowest BCUT2D eigenvalue weighted by Crippen LogP contribution is -2.34. The van der Waals surface area contributed by atoms with E-state index in [1.807, 2.05) is 36.4 Å². The number of aliphatic hydroxyl groups is 2. The number of alkyl halides is 1. The Labute approximate surface area is 164 Å². The Hall–Kier alpha value is -3.08. The zero-order valence-electron chi connectivity index (χ0n) is 15.3. The van der Waals surface area contributed by atoms with Gasteiger partial charge >= 0.3 is 5.69 Å². The van der Waals surface area contributed by atoms with Crippen molar-refractivity contribution < 1.29 is 19.3 Å². The number of nitrogen functional groups attached to an aromatic ring is 1. The van der Waals surface area contributed by atoms with Crippen LogP contribution in [0.25, 0.3) is 17.2 Å². The standard InChI is InChI=1S/C19H20FN5O4/c20-14-13(10-26)29-17(15(14)27)25-16-12(9-22-18(21)23-16)24(19(25)28)8-4-7-11-5-2-1-3-6-11/h1-7,9,13-15,17,26-27H,8,10H2,(H2,21,22,23)/b7-4+/t13-,14-,15-,17-/m1/s1. The van der Waals surface area contributed by atoms with E-state index in [9.17, 15) is 19.4 Å². The van der Waals surface area contributed by atoms with Crippen molar-refractivity contribution in [3.05, 3.63) is 58.7 Å². The molecule has 4 N–H and O–H groups in total. The molecule has 3 heterocycles. The summed E-state index contributed by atoms with van der Waals surface area (Å²) < 4.78 is 22.0. The van der Waals surface area contributed by atoms with Crippen LogP contribution in [-0.2, 0) is 11.3 Å². The van der Waals surface area contributed by atoms with Crippen LogP contribution in [-0.4, -0.2) is 54.3 Å². The third-order valence-corrected chi connectivity index (χ3v) is 4.84. The third kappa shape index (κ3) is 3.41. The Balaban J connectivity index is 1.76. The predicted octanol–water partition coefficient (Wildman–Crippen LogP) is 0.477. The van der Waals surface area contributed by atoms with Crippen molar-refractivity contribution in [2.24, 2.45) is 0 Å². The molecule has 0 unspecified atom stereocenters. The van der Waals surface area contributed by atoms with Gasteiger partial charge in [-0.2, -0.15) is 4.98 Å². The van der Waals surface area contributed by atoms with E-state index in [-0.39, 0.29) is 18.1 Å². The molecular weight excluding hydrogens is 381 g/mol. The number of nitrogens with two attached hydrogens (primary N) is 1. The van der Waals surface area contributed by atoms with Crippen LogP contribution in [0.15, 0.2) is 47.4 Å². The van der Waals surface area contributed by atoms with Gasteiger partial charge in [-0.3, -0.25) is 4.57 Å². The monoisotopic (exact) mass is 401 g/mol. The molecule has 0 spiro atoms. The van der Waals surface area contributed by atoms with Gasteiger partial charge in [0.1, 0.15) is 17.7 Å². The lowest BCUT2D eigenvalue weighted by Gasteiger charge is -2.15. The molecule has 1 aliphatic heterocycles. The Bertz CT molecular complexity index is 1100. The Morgan fingerprint density at radius 3 is 2.76 bits per heavy atom. The number of hydrogen-bond donors (Lipinski definition) is 3. The van der Waals surface area contributed by atoms with Crippen molar-refractivity contribution in [1.29, 1.82) is 0 Å². The Morgan fingerprint density at radius 1 is 1.31 bits per heavy atom. The van der Waals surface area contributed by atoms with E-state index in [2.05, 4.69) is 9.97 Å². The number of halogens is 1. The van der Waals surface area contributed by atoms with Gasteiger partial charge in [-0.05, 0) is 5.56 Å². The van der Waals surface area contributed by atoms with Gasteiger partial charge in [-0.25, -0.2) is 18.7 Å². The van der Waals surface area contributed by atoms with E-state index in [1.54, 1.807) is 6.08 Å². The normalized spacial score (nSPS) is 24.7. The van der Waals surface area contributed by atoms with Crippen LogP contribution in [0.3, 0.4) is 0 Å². The second kappa shape index (κ2) is 7.74. The largest absolute Gasteiger partial charge is 0.394 e. The SMILES string of the molecule is Nc1ncc2c(n1)n([C@@H]1O[C@H](CO)[C@@H](F)[C@H]1O)c(=O)n2C/C=C/c1ccccc1. The van der Waals surface area contributed by atoms with Gasteiger partial charge < -0.3 is 20.7 Å². The zero-order chi connectivity index (χ0) is 20.5. The van der Waals surface area contributed by atoms with Gasteiger partial charge in [-0.1, -0.05) is 42.5 Å². The fourth-order valence-electron chi connectivity index (χ4n) is 3.40. The van der Waals surface area contributed by atoms with Gasteiger partial charge in [0.15, 0.2) is 18.0 Å². The molecule has 152 valence electrons. The van der Waals surface area contributed by atoms with Crippen molar-refractivity contribution in [2.45, 2.75) is 31.2 Å². The number of aliphatic hydroxyl groups excluding tert-OH is 2. The number of fused-ring (bicyclic) bond motifs is 1. The first-order valence-corrected chi connectivity index (χ1v) is 9.04. The van der Waals surface area contributed by atoms with Crippen LogP contribution in [0.1, 0.15) is 11.8 Å². The molecule has 0 amide bonds. The summed E-state index contributed by atoms with van der Waals surface area (Å²) in [6.07, 6.45) is -1.02. The quantitative estimate of drug-likeness (QED) is 0.567. The number of aromatic nitrogens is 4. The maximum atomic E-state index is 14.2. The predicted molar refractivity (Wildman–Crippen MR) is 104 cm³/mol. The first-order chi connectivity index (χ1) is 14.0. The smallest absolute Gasteiger partial charge is 0.332 e. The van der Waals surface area contributed by atoms with E-state index >= 15 is 0 Å². The first-order valence-electron chi connectivity index (χ1n) is 9.04. The summed E-state index contributed by atoms with van der Waals surface area (Å²) >= 11 is 0. The molecule has 10 heteroatoms. The van der Waals surface area contributed by atoms with Crippen LogP contribution in [0.5, 0.6) is 0 Å². The molecule has 1 fully saturated rings. The van der Waals surface area contributed by atoms with Crippen LogP contribution in [0.2, 0.25) is 0 Å². The molecule has 1 aromatic carbocycles. The highest BCUT2D eigenvalue weighted by Crippen LogP contribution is 2.32. The van der Waals surface area contributed by atoms with Crippen LogP contribution < -0.4 is 11.4 Å². The lowest BCUT2D eigenvalue weighted by atomic mass is 10.1. The molecule has 0 aliphatic carbocycles. The molecule has 0 bridgehead atoms. The molecule has 1 saturated heterocycles. The van der Waals surface area contributed by atoms with Crippen molar-refractivity contribution in [1.82, 2.24) is 19.1 Å². The summed E-state index contributed by atoms with van der Waals surface area (Å²) in [6, 6.07) is 9.55. The lowest BCUT2D eigenvalue weighted by molar-refractivity contribution is -0.0513. The maximum Gasteiger partial charge on any atom is 0.332 e. The minimum atomic E-state index is -1.84. The number of allylic oxidation sites excluding steroid dienone is 1. The Morgan fingerprint density at radius 2 is 2.07 bits per heavy atom. The number of benzene rings is 1. The second-order valence-electron chi connectivity index (χ2n) is 6.70. The summed E-state index contributed by atoms with van der Waals surface area (Å²) in [7, 11) is 0. The number of ether oxygens (including phenoxy) is 1. The summed E-state index contributed by atoms with van der Waals surface area (Å²) in [5.74, 6) is -0.0776. The van der Waals surface area contributed by atoms with E-state index in [4.69, 9.17) is 10.5 Å². The van der Waals surface area contributed by atoms with E-state index in [1.165, 1.54) is 10.8 Å². The minimum absolute atomic E-state index is 0.0776. The van der Waals surface area contributed by atoms with Crippen molar-refractivity contribution >= 4 is 23.2 Å². The first kappa shape index (κ1) is 19.2. The van der Waals surface area contributed by atoms with E-state index in [0.29, 0.717) is 5.52 Å². The maximum absolute atomic E-state index is 14.2. The molecule has 9 nitrogen and oxygen atoms in total. The molecule has 1 aliphatic rings. The molecule has 4 rings (SSSR count). The van der Waals surface area contributed by atoms with Crippen LogP contribution in [0.4, 0.5) is 10.3 Å². The van der Waals surface area contributed by atoms with Gasteiger partial charge in [0.05, 0.1) is 12.8 Å². The van der Waals surface area contributed by atoms with Crippen molar-refractivity contribution in [3.8, 4) is 0 Å². The molecule has 4 atom stereocenters.